The van der Waals surface area contributed by atoms with Crippen LogP contribution in [0.2, 0.25) is 0 Å². The van der Waals surface area contributed by atoms with E-state index in [1.165, 1.54) is 18.3 Å². The van der Waals surface area contributed by atoms with Crippen molar-refractivity contribution in [1.29, 1.82) is 0 Å². The van der Waals surface area contributed by atoms with Crippen molar-refractivity contribution in [2.24, 2.45) is 0 Å². The molecule has 1 aliphatic carbocycles. The SMILES string of the molecule is COc1nc2c(cc1C(=O)N1CCCCNC(=O)C(Cc3cnc[nH]3)NC(=O)c3cccc(c3)OCCNC(=O)C1)CCC2. The van der Waals surface area contributed by atoms with Crippen LogP contribution in [0.25, 0.3) is 0 Å². The predicted octanol–water partition coefficient (Wildman–Crippen LogP) is 1.19. The molecule has 2 bridgehead atoms. The number of methoxy groups -OCH3 is 1. The number of aromatic amines is 1. The van der Waals surface area contributed by atoms with Gasteiger partial charge in [-0.2, -0.15) is 0 Å². The number of carbonyl (C=O) groups excluding carboxylic acids is 4. The van der Waals surface area contributed by atoms with Gasteiger partial charge in [0.05, 0.1) is 26.5 Å². The Kier molecular flexibility index (Phi) is 10.1. The number of benzene rings is 1. The number of hydrogen-bond acceptors (Lipinski definition) is 8. The molecule has 1 aromatic carbocycles. The van der Waals surface area contributed by atoms with Crippen LogP contribution in [0.15, 0.2) is 42.9 Å². The summed E-state index contributed by atoms with van der Waals surface area (Å²) in [6.07, 6.45) is 7.06. The number of imidazole rings is 1. The van der Waals surface area contributed by atoms with Crippen LogP contribution in [0.3, 0.4) is 0 Å². The first-order valence-electron chi connectivity index (χ1n) is 14.8. The van der Waals surface area contributed by atoms with Crippen molar-refractivity contribution in [3.63, 3.8) is 0 Å². The quantitative estimate of drug-likeness (QED) is 0.345. The number of rotatable bonds is 4. The van der Waals surface area contributed by atoms with E-state index in [1.807, 2.05) is 6.07 Å². The minimum atomic E-state index is -0.853. The van der Waals surface area contributed by atoms with E-state index >= 15 is 0 Å². The second kappa shape index (κ2) is 14.5. The molecule has 44 heavy (non-hydrogen) atoms. The molecule has 1 aliphatic heterocycles. The average molecular weight is 604 g/mol. The van der Waals surface area contributed by atoms with Crippen molar-refractivity contribution in [3.8, 4) is 11.6 Å². The third-order valence-corrected chi connectivity index (χ3v) is 7.61. The number of fused-ring (bicyclic) bond motifs is 3. The topological polar surface area (TPSA) is 168 Å². The fourth-order valence-corrected chi connectivity index (χ4v) is 5.33. The summed E-state index contributed by atoms with van der Waals surface area (Å²) in [6.45, 7) is 0.782. The van der Waals surface area contributed by atoms with Gasteiger partial charge >= 0.3 is 0 Å². The molecular weight excluding hydrogens is 566 g/mol. The third-order valence-electron chi connectivity index (χ3n) is 7.61. The van der Waals surface area contributed by atoms with Gasteiger partial charge in [0, 0.05) is 42.7 Å². The van der Waals surface area contributed by atoms with Gasteiger partial charge in [0.2, 0.25) is 17.7 Å². The summed E-state index contributed by atoms with van der Waals surface area (Å²) < 4.78 is 11.2. The van der Waals surface area contributed by atoms with Crippen LogP contribution >= 0.6 is 0 Å². The van der Waals surface area contributed by atoms with Crippen LogP contribution in [-0.4, -0.2) is 89.4 Å². The summed E-state index contributed by atoms with van der Waals surface area (Å²) in [6, 6.07) is 7.58. The predicted molar refractivity (Wildman–Crippen MR) is 159 cm³/mol. The van der Waals surface area contributed by atoms with E-state index in [0.29, 0.717) is 42.0 Å². The van der Waals surface area contributed by atoms with E-state index in [9.17, 15) is 19.2 Å². The highest BCUT2D eigenvalue weighted by molar-refractivity contribution is 5.99. The summed E-state index contributed by atoms with van der Waals surface area (Å²) in [4.78, 5) is 66.0. The van der Waals surface area contributed by atoms with E-state index in [0.717, 1.165) is 30.5 Å². The first-order valence-corrected chi connectivity index (χ1v) is 14.8. The van der Waals surface area contributed by atoms with Crippen LogP contribution in [-0.2, 0) is 28.9 Å². The number of hydrogen-bond donors (Lipinski definition) is 4. The Morgan fingerprint density at radius 3 is 2.80 bits per heavy atom. The number of aromatic nitrogens is 3. The largest absolute Gasteiger partial charge is 0.492 e. The van der Waals surface area contributed by atoms with Gasteiger partial charge in [-0.1, -0.05) is 6.07 Å². The molecule has 0 spiro atoms. The highest BCUT2D eigenvalue weighted by atomic mass is 16.5. The number of ether oxygens (including phenoxy) is 2. The minimum absolute atomic E-state index is 0.151. The fraction of sp³-hybridized carbons (Fsp3) is 0.419. The molecular formula is C31H37N7O6. The van der Waals surface area contributed by atoms with Gasteiger partial charge in [0.1, 0.15) is 24.0 Å². The van der Waals surface area contributed by atoms with Crippen LogP contribution in [0.5, 0.6) is 11.6 Å². The molecule has 0 fully saturated rings. The lowest BCUT2D eigenvalue weighted by atomic mass is 10.1. The maximum Gasteiger partial charge on any atom is 0.259 e. The minimum Gasteiger partial charge on any atom is -0.492 e. The van der Waals surface area contributed by atoms with Gasteiger partial charge in [-0.25, -0.2) is 9.97 Å². The number of pyridine rings is 1. The second-order valence-corrected chi connectivity index (χ2v) is 10.8. The molecule has 2 aromatic heterocycles. The van der Waals surface area contributed by atoms with Crippen molar-refractivity contribution in [2.45, 2.75) is 44.6 Å². The number of aryl methyl sites for hydroxylation is 2. The molecule has 0 saturated heterocycles. The van der Waals surface area contributed by atoms with Crippen molar-refractivity contribution >= 4 is 23.6 Å². The second-order valence-electron chi connectivity index (χ2n) is 10.8. The first kappa shape index (κ1) is 30.5. The third kappa shape index (κ3) is 7.71. The van der Waals surface area contributed by atoms with E-state index in [4.69, 9.17) is 9.47 Å². The molecule has 3 heterocycles. The van der Waals surface area contributed by atoms with Crippen LogP contribution < -0.4 is 25.4 Å². The molecule has 1 unspecified atom stereocenters. The van der Waals surface area contributed by atoms with E-state index in [1.54, 1.807) is 30.5 Å². The fourth-order valence-electron chi connectivity index (χ4n) is 5.33. The number of amides is 4. The molecule has 232 valence electrons. The zero-order valence-corrected chi connectivity index (χ0v) is 24.7. The molecule has 5 rings (SSSR count). The van der Waals surface area contributed by atoms with Gasteiger partial charge in [-0.15, -0.1) is 0 Å². The summed E-state index contributed by atoms with van der Waals surface area (Å²) in [5.74, 6) is -0.765. The van der Waals surface area contributed by atoms with Crippen LogP contribution in [0, 0.1) is 0 Å². The normalized spacial score (nSPS) is 18.4. The zero-order valence-electron chi connectivity index (χ0n) is 24.7. The molecule has 4 N–H and O–H groups in total. The molecule has 4 amide bonds. The van der Waals surface area contributed by atoms with Crippen LogP contribution in [0.1, 0.15) is 56.9 Å². The van der Waals surface area contributed by atoms with E-state index in [2.05, 4.69) is 30.9 Å². The number of nitrogens with zero attached hydrogens (tertiary/aromatic N) is 3. The summed E-state index contributed by atoms with van der Waals surface area (Å²) in [7, 11) is 1.48. The van der Waals surface area contributed by atoms with Crippen molar-refractivity contribution in [3.05, 3.63) is 70.9 Å². The molecule has 0 radical (unpaired) electrons. The molecule has 2 aliphatic rings. The van der Waals surface area contributed by atoms with Gasteiger partial charge in [-0.05, 0) is 61.9 Å². The standard InChI is InChI=1S/C31H37N7O6/c1-43-30-24(15-20-6-5-9-25(20)37-30)31(42)38-12-3-2-10-34-29(41)26(16-22-17-32-19-35-22)36-28(40)21-7-4-8-23(14-21)44-13-11-33-27(39)18-38/h4,7-8,14-15,17,19,26H,2-3,5-6,9-13,16,18H2,1H3,(H,32,35)(H,33,39)(H,34,41)(H,36,40). The molecule has 13 nitrogen and oxygen atoms in total. The Labute approximate surface area is 255 Å². The summed E-state index contributed by atoms with van der Waals surface area (Å²) >= 11 is 0. The smallest absolute Gasteiger partial charge is 0.259 e. The molecule has 3 aromatic rings. The van der Waals surface area contributed by atoms with Crippen molar-refractivity contribution in [2.75, 3.05) is 39.9 Å². The Bertz CT molecular complexity index is 1490. The Balaban J connectivity index is 1.33. The van der Waals surface area contributed by atoms with Gasteiger partial charge < -0.3 is 35.3 Å². The maximum absolute atomic E-state index is 13.7. The Morgan fingerprint density at radius 2 is 1.98 bits per heavy atom. The highest BCUT2D eigenvalue weighted by Gasteiger charge is 2.27. The maximum atomic E-state index is 13.7. The monoisotopic (exact) mass is 603 g/mol. The lowest BCUT2D eigenvalue weighted by Crippen LogP contribution is -2.48. The highest BCUT2D eigenvalue weighted by Crippen LogP contribution is 2.27. The van der Waals surface area contributed by atoms with Gasteiger partial charge in [0.15, 0.2) is 0 Å². The lowest BCUT2D eigenvalue weighted by molar-refractivity contribution is -0.123. The molecule has 13 heteroatoms. The van der Waals surface area contributed by atoms with E-state index < -0.39 is 11.9 Å². The number of carbonyl (C=O) groups is 4. The van der Waals surface area contributed by atoms with E-state index in [-0.39, 0.29) is 56.3 Å². The summed E-state index contributed by atoms with van der Waals surface area (Å²) in [5.41, 5.74) is 3.32. The number of nitrogens with one attached hydrogen (secondary N) is 4. The Morgan fingerprint density at radius 1 is 1.09 bits per heavy atom. The molecule has 1 atom stereocenters. The number of H-pyrrole nitrogens is 1. The van der Waals surface area contributed by atoms with Crippen molar-refractivity contribution in [1.82, 2.24) is 35.8 Å². The van der Waals surface area contributed by atoms with Crippen molar-refractivity contribution < 1.29 is 28.7 Å². The lowest BCUT2D eigenvalue weighted by Gasteiger charge is -2.23. The van der Waals surface area contributed by atoms with Gasteiger partial charge in [-0.3, -0.25) is 19.2 Å². The molecule has 0 saturated carbocycles. The van der Waals surface area contributed by atoms with Gasteiger partial charge in [0.25, 0.3) is 11.8 Å². The van der Waals surface area contributed by atoms with Crippen LogP contribution in [0.4, 0.5) is 0 Å². The zero-order chi connectivity index (χ0) is 30.9. The Hall–Kier alpha value is -4.94. The average Bonchev–Trinajstić information content (AvgIpc) is 3.72. The first-order chi connectivity index (χ1) is 21.4. The summed E-state index contributed by atoms with van der Waals surface area (Å²) in [5, 5.41) is 8.52.